The Morgan fingerprint density at radius 2 is 1.89 bits per heavy atom. The first-order chi connectivity index (χ1) is 8.76. The lowest BCUT2D eigenvalue weighted by molar-refractivity contribution is 0.165. The first kappa shape index (κ1) is 14.8. The average Bonchev–Trinajstić information content (AvgIpc) is 2.66. The van der Waals surface area contributed by atoms with Crippen molar-refractivity contribution in [1.82, 2.24) is 4.90 Å². The minimum Gasteiger partial charge on any atom is -0.497 e. The summed E-state index contributed by atoms with van der Waals surface area (Å²) in [6.07, 6.45) is 8.79. The zero-order valence-corrected chi connectivity index (χ0v) is 11.5. The molecule has 1 heterocycles. The van der Waals surface area contributed by atoms with Gasteiger partial charge >= 0.3 is 0 Å². The highest BCUT2D eigenvalue weighted by molar-refractivity contribution is 5.19. The lowest BCUT2D eigenvalue weighted by Gasteiger charge is -2.19. The molecule has 0 radical (unpaired) electrons. The number of rotatable bonds is 7. The van der Waals surface area contributed by atoms with Gasteiger partial charge in [-0.3, -0.25) is 4.90 Å². The van der Waals surface area contributed by atoms with Gasteiger partial charge in [0.1, 0.15) is 18.1 Å². The van der Waals surface area contributed by atoms with Gasteiger partial charge < -0.3 is 9.47 Å². The van der Waals surface area contributed by atoms with Crippen molar-refractivity contribution in [1.29, 1.82) is 0 Å². The van der Waals surface area contributed by atoms with Crippen LogP contribution in [0.1, 0.15) is 25.7 Å². The Labute approximate surface area is 111 Å². The number of hydrogen-bond acceptors (Lipinski definition) is 3. The van der Waals surface area contributed by atoms with E-state index in [4.69, 9.17) is 9.47 Å². The number of allylic oxidation sites excluding steroid dienone is 2. The first-order valence-corrected chi connectivity index (χ1v) is 6.68. The molecule has 0 N–H and O–H groups in total. The summed E-state index contributed by atoms with van der Waals surface area (Å²) in [6.45, 7) is 11.5. The monoisotopic (exact) mass is 251 g/mol. The summed E-state index contributed by atoms with van der Waals surface area (Å²) >= 11 is 0. The van der Waals surface area contributed by atoms with E-state index in [1.54, 1.807) is 19.3 Å². The van der Waals surface area contributed by atoms with Crippen LogP contribution in [-0.4, -0.2) is 38.3 Å². The molecule has 0 amide bonds. The Morgan fingerprint density at radius 1 is 1.22 bits per heavy atom. The number of ether oxygens (including phenoxy) is 2. The fourth-order valence-corrected chi connectivity index (χ4v) is 2.03. The van der Waals surface area contributed by atoms with E-state index < -0.39 is 0 Å². The molecule has 1 aliphatic heterocycles. The molecule has 0 atom stereocenters. The van der Waals surface area contributed by atoms with Crippen LogP contribution in [0.3, 0.4) is 0 Å². The molecule has 1 saturated heterocycles. The molecule has 1 rings (SSSR count). The second-order valence-electron chi connectivity index (χ2n) is 4.53. The quantitative estimate of drug-likeness (QED) is 0.512. The Balaban J connectivity index is 2.28. The molecule has 0 aliphatic carbocycles. The van der Waals surface area contributed by atoms with Gasteiger partial charge in [-0.2, -0.15) is 0 Å². The smallest absolute Gasteiger partial charge is 0.122 e. The van der Waals surface area contributed by atoms with Gasteiger partial charge in [0, 0.05) is 12.6 Å². The van der Waals surface area contributed by atoms with Crippen LogP contribution in [0.2, 0.25) is 0 Å². The fourth-order valence-electron chi connectivity index (χ4n) is 2.03. The molecular formula is C15H25NO2. The van der Waals surface area contributed by atoms with Gasteiger partial charge in [-0.1, -0.05) is 26.0 Å². The standard InChI is InChI=1S/C15H25NO2/c1-4-15(13-14(2)17-3)18-12-11-16-9-7-5-6-8-10-16/h4,13H,1-2,5-12H2,3H3/b15-13+. The lowest BCUT2D eigenvalue weighted by Crippen LogP contribution is -2.28. The highest BCUT2D eigenvalue weighted by Crippen LogP contribution is 2.10. The SMILES string of the molecule is C=C/C(=C\C(=C)OC)OCCN1CCCCCC1. The molecule has 18 heavy (non-hydrogen) atoms. The molecule has 3 heteroatoms. The summed E-state index contributed by atoms with van der Waals surface area (Å²) < 4.78 is 10.7. The summed E-state index contributed by atoms with van der Waals surface area (Å²) in [7, 11) is 1.59. The van der Waals surface area contributed by atoms with Gasteiger partial charge in [0.2, 0.25) is 0 Å². The van der Waals surface area contributed by atoms with Crippen molar-refractivity contribution >= 4 is 0 Å². The lowest BCUT2D eigenvalue weighted by atomic mass is 10.2. The van der Waals surface area contributed by atoms with Crippen LogP contribution in [0.25, 0.3) is 0 Å². The third kappa shape index (κ3) is 5.92. The van der Waals surface area contributed by atoms with Crippen LogP contribution in [0.15, 0.2) is 36.8 Å². The minimum absolute atomic E-state index is 0.583. The maximum Gasteiger partial charge on any atom is 0.122 e. The molecule has 1 aliphatic rings. The van der Waals surface area contributed by atoms with E-state index in [9.17, 15) is 0 Å². The maximum absolute atomic E-state index is 5.67. The first-order valence-electron chi connectivity index (χ1n) is 6.68. The zero-order chi connectivity index (χ0) is 13.2. The van der Waals surface area contributed by atoms with Gasteiger partial charge in [-0.05, 0) is 32.0 Å². The largest absolute Gasteiger partial charge is 0.497 e. The molecule has 0 spiro atoms. The number of hydrogen-bond donors (Lipinski definition) is 0. The second-order valence-corrected chi connectivity index (χ2v) is 4.53. The Morgan fingerprint density at radius 3 is 2.44 bits per heavy atom. The second kappa shape index (κ2) is 8.81. The van der Waals surface area contributed by atoms with Crippen molar-refractivity contribution in [2.45, 2.75) is 25.7 Å². The van der Waals surface area contributed by atoms with Crippen LogP contribution in [0.5, 0.6) is 0 Å². The highest BCUT2D eigenvalue weighted by atomic mass is 16.5. The van der Waals surface area contributed by atoms with Crippen molar-refractivity contribution in [3.8, 4) is 0 Å². The molecular weight excluding hydrogens is 226 g/mol. The molecule has 0 saturated carbocycles. The third-order valence-corrected chi connectivity index (χ3v) is 3.14. The molecule has 1 fully saturated rings. The van der Waals surface area contributed by atoms with Crippen molar-refractivity contribution < 1.29 is 9.47 Å². The van der Waals surface area contributed by atoms with Gasteiger partial charge in [-0.15, -0.1) is 0 Å². The summed E-state index contributed by atoms with van der Waals surface area (Å²) in [5, 5.41) is 0. The van der Waals surface area contributed by atoms with E-state index in [2.05, 4.69) is 18.1 Å². The summed E-state index contributed by atoms with van der Waals surface area (Å²) in [6, 6.07) is 0. The van der Waals surface area contributed by atoms with E-state index >= 15 is 0 Å². The van der Waals surface area contributed by atoms with Crippen LogP contribution in [-0.2, 0) is 9.47 Å². The van der Waals surface area contributed by atoms with Gasteiger partial charge in [0.15, 0.2) is 0 Å². The van der Waals surface area contributed by atoms with Gasteiger partial charge in [0.05, 0.1) is 7.11 Å². The van der Waals surface area contributed by atoms with E-state index in [1.165, 1.54) is 38.8 Å². The van der Waals surface area contributed by atoms with Gasteiger partial charge in [0.25, 0.3) is 0 Å². The van der Waals surface area contributed by atoms with Crippen molar-refractivity contribution in [2.75, 3.05) is 33.4 Å². The maximum atomic E-state index is 5.67. The predicted molar refractivity (Wildman–Crippen MR) is 75.3 cm³/mol. The van der Waals surface area contributed by atoms with Gasteiger partial charge in [-0.25, -0.2) is 0 Å². The van der Waals surface area contributed by atoms with Crippen LogP contribution >= 0.6 is 0 Å². The molecule has 0 aromatic rings. The Hall–Kier alpha value is -1.22. The van der Waals surface area contributed by atoms with Crippen LogP contribution < -0.4 is 0 Å². The van der Waals surface area contributed by atoms with Crippen molar-refractivity contribution in [3.63, 3.8) is 0 Å². The molecule has 102 valence electrons. The molecule has 0 aromatic carbocycles. The number of methoxy groups -OCH3 is 1. The topological polar surface area (TPSA) is 21.7 Å². The summed E-state index contributed by atoms with van der Waals surface area (Å²) in [4.78, 5) is 2.47. The number of nitrogens with zero attached hydrogens (tertiary/aromatic N) is 1. The van der Waals surface area contributed by atoms with E-state index in [0.717, 1.165) is 12.3 Å². The van der Waals surface area contributed by atoms with E-state index in [-0.39, 0.29) is 0 Å². The van der Waals surface area contributed by atoms with E-state index in [1.807, 2.05) is 0 Å². The average molecular weight is 251 g/mol. The fraction of sp³-hybridized carbons (Fsp3) is 0.600. The molecule has 3 nitrogen and oxygen atoms in total. The van der Waals surface area contributed by atoms with Crippen molar-refractivity contribution in [2.24, 2.45) is 0 Å². The summed E-state index contributed by atoms with van der Waals surface area (Å²) in [5.74, 6) is 1.30. The van der Waals surface area contributed by atoms with Crippen molar-refractivity contribution in [3.05, 3.63) is 36.8 Å². The number of likely N-dealkylation sites (tertiary alicyclic amines) is 1. The molecule has 0 aromatic heterocycles. The van der Waals surface area contributed by atoms with Crippen LogP contribution in [0, 0.1) is 0 Å². The molecule has 0 bridgehead atoms. The Kier molecular flexibility index (Phi) is 7.26. The normalized spacial score (nSPS) is 17.9. The molecule has 0 unspecified atom stereocenters. The Bertz CT molecular complexity index is 289. The summed E-state index contributed by atoms with van der Waals surface area (Å²) in [5.41, 5.74) is 0. The minimum atomic E-state index is 0.583. The zero-order valence-electron chi connectivity index (χ0n) is 11.5. The third-order valence-electron chi connectivity index (χ3n) is 3.14. The highest BCUT2D eigenvalue weighted by Gasteiger charge is 2.08. The predicted octanol–water partition coefficient (Wildman–Crippen LogP) is 3.11. The van der Waals surface area contributed by atoms with Crippen LogP contribution in [0.4, 0.5) is 0 Å². The van der Waals surface area contributed by atoms with E-state index in [0.29, 0.717) is 12.4 Å².